The molecule has 3 aromatic rings. The zero-order chi connectivity index (χ0) is 19.8. The topological polar surface area (TPSA) is 69.7 Å². The maximum absolute atomic E-state index is 12.2. The van der Waals surface area contributed by atoms with Gasteiger partial charge in [0.05, 0.1) is 18.9 Å². The van der Waals surface area contributed by atoms with Crippen molar-refractivity contribution >= 4 is 22.4 Å². The molecule has 0 aliphatic heterocycles. The van der Waals surface area contributed by atoms with E-state index in [1.54, 1.807) is 12.1 Å². The predicted molar refractivity (Wildman–Crippen MR) is 110 cm³/mol. The fourth-order valence-corrected chi connectivity index (χ4v) is 3.28. The number of rotatable bonds is 9. The maximum atomic E-state index is 12.2. The molecule has 0 aliphatic rings. The summed E-state index contributed by atoms with van der Waals surface area (Å²) < 4.78 is 16.7. The first-order chi connectivity index (χ1) is 13.7. The minimum absolute atomic E-state index is 0.130. The first-order valence-corrected chi connectivity index (χ1v) is 9.91. The zero-order valence-electron chi connectivity index (χ0n) is 15.8. The highest BCUT2D eigenvalue weighted by molar-refractivity contribution is 7.14. The molecule has 0 aliphatic carbocycles. The molecule has 0 saturated carbocycles. The van der Waals surface area contributed by atoms with E-state index in [9.17, 15) is 4.79 Å². The van der Waals surface area contributed by atoms with Gasteiger partial charge in [0, 0.05) is 10.9 Å². The van der Waals surface area contributed by atoms with Crippen molar-refractivity contribution in [2.45, 2.75) is 13.8 Å². The average molecular weight is 398 g/mol. The van der Waals surface area contributed by atoms with Crippen molar-refractivity contribution < 1.29 is 19.0 Å². The van der Waals surface area contributed by atoms with E-state index >= 15 is 0 Å². The Balaban J connectivity index is 1.62. The predicted octanol–water partition coefficient (Wildman–Crippen LogP) is 4.63. The lowest BCUT2D eigenvalue weighted by Crippen LogP contribution is -2.20. The summed E-state index contributed by atoms with van der Waals surface area (Å²) in [4.78, 5) is 16.7. The largest absolute Gasteiger partial charge is 0.493 e. The van der Waals surface area contributed by atoms with Crippen LogP contribution >= 0.6 is 11.3 Å². The van der Waals surface area contributed by atoms with Crippen molar-refractivity contribution in [1.29, 1.82) is 0 Å². The number of nitrogens with zero attached hydrogens (tertiary/aromatic N) is 1. The van der Waals surface area contributed by atoms with Crippen LogP contribution in [0.25, 0.3) is 11.3 Å². The lowest BCUT2D eigenvalue weighted by Gasteiger charge is -2.11. The minimum atomic E-state index is -0.287. The van der Waals surface area contributed by atoms with Crippen molar-refractivity contribution in [1.82, 2.24) is 4.98 Å². The van der Waals surface area contributed by atoms with Crippen molar-refractivity contribution in [2.75, 3.05) is 25.1 Å². The van der Waals surface area contributed by atoms with Crippen LogP contribution < -0.4 is 19.5 Å². The maximum Gasteiger partial charge on any atom is 0.264 e. The van der Waals surface area contributed by atoms with E-state index in [0.29, 0.717) is 29.8 Å². The Bertz CT molecular complexity index is 926. The van der Waals surface area contributed by atoms with Gasteiger partial charge in [-0.1, -0.05) is 24.3 Å². The number of hydrogen-bond donors (Lipinski definition) is 1. The molecule has 0 fully saturated rings. The van der Waals surface area contributed by atoms with E-state index in [1.807, 2.05) is 55.6 Å². The summed E-state index contributed by atoms with van der Waals surface area (Å²) in [7, 11) is 0. The number of benzene rings is 2. The summed E-state index contributed by atoms with van der Waals surface area (Å²) in [6.07, 6.45) is 0. The van der Waals surface area contributed by atoms with Gasteiger partial charge in [0.2, 0.25) is 0 Å². The molecule has 0 radical (unpaired) electrons. The first kappa shape index (κ1) is 19.7. The van der Waals surface area contributed by atoms with Gasteiger partial charge in [-0.05, 0) is 38.1 Å². The molecule has 0 unspecified atom stereocenters. The van der Waals surface area contributed by atoms with Gasteiger partial charge in [-0.15, -0.1) is 11.3 Å². The third-order valence-electron chi connectivity index (χ3n) is 3.72. The third kappa shape index (κ3) is 5.01. The van der Waals surface area contributed by atoms with Crippen molar-refractivity contribution in [3.05, 3.63) is 53.9 Å². The highest BCUT2D eigenvalue weighted by Gasteiger charge is 2.13. The Morgan fingerprint density at radius 3 is 2.25 bits per heavy atom. The van der Waals surface area contributed by atoms with Crippen LogP contribution in [-0.2, 0) is 4.79 Å². The molecule has 3 rings (SSSR count). The molecule has 0 atom stereocenters. The van der Waals surface area contributed by atoms with E-state index in [-0.39, 0.29) is 12.5 Å². The molecule has 1 heterocycles. The fourth-order valence-electron chi connectivity index (χ4n) is 2.56. The van der Waals surface area contributed by atoms with E-state index in [4.69, 9.17) is 14.2 Å². The van der Waals surface area contributed by atoms with Gasteiger partial charge < -0.3 is 14.2 Å². The molecule has 2 aromatic carbocycles. The van der Waals surface area contributed by atoms with Crippen LogP contribution in [0.3, 0.4) is 0 Å². The summed E-state index contributed by atoms with van der Waals surface area (Å²) in [5, 5.41) is 5.16. The molecule has 146 valence electrons. The van der Waals surface area contributed by atoms with E-state index in [0.717, 1.165) is 17.0 Å². The lowest BCUT2D eigenvalue weighted by molar-refractivity contribution is -0.118. The van der Waals surface area contributed by atoms with Gasteiger partial charge in [0.1, 0.15) is 5.75 Å². The van der Waals surface area contributed by atoms with E-state index < -0.39 is 0 Å². The van der Waals surface area contributed by atoms with Crippen molar-refractivity contribution in [3.63, 3.8) is 0 Å². The smallest absolute Gasteiger partial charge is 0.264 e. The van der Waals surface area contributed by atoms with Gasteiger partial charge in [-0.3, -0.25) is 10.1 Å². The monoisotopic (exact) mass is 398 g/mol. The third-order valence-corrected chi connectivity index (χ3v) is 4.48. The number of carbonyl (C=O) groups is 1. The van der Waals surface area contributed by atoms with E-state index in [1.165, 1.54) is 11.3 Å². The van der Waals surface area contributed by atoms with Crippen LogP contribution in [0.2, 0.25) is 0 Å². The molecular formula is C21H22N2O4S. The van der Waals surface area contributed by atoms with Crippen LogP contribution in [0.1, 0.15) is 13.8 Å². The Morgan fingerprint density at radius 1 is 0.929 bits per heavy atom. The number of amides is 1. The Morgan fingerprint density at radius 2 is 1.54 bits per heavy atom. The molecule has 7 heteroatoms. The van der Waals surface area contributed by atoms with Gasteiger partial charge in [0.25, 0.3) is 5.91 Å². The molecule has 0 saturated heterocycles. The number of aromatic nitrogens is 1. The standard InChI is InChI=1S/C21H22N2O4S/c1-3-25-17-10-6-5-9-15(17)16-14-28-21(22-16)23-20(24)13-27-19-12-8-7-11-18(19)26-4-2/h5-12,14H,3-4,13H2,1-2H3,(H,22,23,24). The molecule has 1 N–H and O–H groups in total. The number of nitrogens with one attached hydrogen (secondary N) is 1. The number of thiazole rings is 1. The van der Waals surface area contributed by atoms with E-state index in [2.05, 4.69) is 10.3 Å². The van der Waals surface area contributed by atoms with Crippen molar-refractivity contribution in [3.8, 4) is 28.5 Å². The average Bonchev–Trinajstić information content (AvgIpc) is 3.16. The molecule has 1 aromatic heterocycles. The molecule has 6 nitrogen and oxygen atoms in total. The molecule has 1 amide bonds. The molecule has 0 spiro atoms. The Hall–Kier alpha value is -3.06. The van der Waals surface area contributed by atoms with Gasteiger partial charge >= 0.3 is 0 Å². The normalized spacial score (nSPS) is 10.4. The lowest BCUT2D eigenvalue weighted by atomic mass is 10.1. The summed E-state index contributed by atoms with van der Waals surface area (Å²) in [5.74, 6) is 1.63. The minimum Gasteiger partial charge on any atom is -0.493 e. The summed E-state index contributed by atoms with van der Waals surface area (Å²) in [5.41, 5.74) is 1.65. The van der Waals surface area contributed by atoms with Crippen LogP contribution in [-0.4, -0.2) is 30.7 Å². The highest BCUT2D eigenvalue weighted by atomic mass is 32.1. The second-order valence-corrected chi connectivity index (χ2v) is 6.54. The highest BCUT2D eigenvalue weighted by Crippen LogP contribution is 2.32. The number of anilines is 1. The summed E-state index contributed by atoms with van der Waals surface area (Å²) in [6.45, 7) is 4.80. The fraction of sp³-hybridized carbons (Fsp3) is 0.238. The molecular weight excluding hydrogens is 376 g/mol. The number of carbonyl (C=O) groups excluding carboxylic acids is 1. The number of hydrogen-bond acceptors (Lipinski definition) is 6. The van der Waals surface area contributed by atoms with Crippen LogP contribution in [0.5, 0.6) is 17.2 Å². The second-order valence-electron chi connectivity index (χ2n) is 5.68. The Kier molecular flexibility index (Phi) is 6.86. The quantitative estimate of drug-likeness (QED) is 0.569. The summed E-state index contributed by atoms with van der Waals surface area (Å²) >= 11 is 1.35. The van der Waals surface area contributed by atoms with Gasteiger partial charge in [0.15, 0.2) is 23.2 Å². The zero-order valence-corrected chi connectivity index (χ0v) is 16.6. The van der Waals surface area contributed by atoms with Gasteiger partial charge in [-0.2, -0.15) is 0 Å². The van der Waals surface area contributed by atoms with Crippen LogP contribution in [0, 0.1) is 0 Å². The van der Waals surface area contributed by atoms with Crippen molar-refractivity contribution in [2.24, 2.45) is 0 Å². The second kappa shape index (κ2) is 9.75. The van der Waals surface area contributed by atoms with Crippen LogP contribution in [0.4, 0.5) is 5.13 Å². The van der Waals surface area contributed by atoms with Gasteiger partial charge in [-0.25, -0.2) is 4.98 Å². The summed E-state index contributed by atoms with van der Waals surface area (Å²) in [6, 6.07) is 15.0. The van der Waals surface area contributed by atoms with Crippen LogP contribution in [0.15, 0.2) is 53.9 Å². The number of ether oxygens (including phenoxy) is 3. The first-order valence-electron chi connectivity index (χ1n) is 9.03. The SMILES string of the molecule is CCOc1ccccc1OCC(=O)Nc1nc(-c2ccccc2OCC)cs1. The Labute approximate surface area is 168 Å². The number of para-hydroxylation sites is 3. The molecule has 28 heavy (non-hydrogen) atoms. The molecule has 0 bridgehead atoms.